The van der Waals surface area contributed by atoms with E-state index in [-0.39, 0.29) is 11.5 Å². The molecular weight excluding hydrogens is 432 g/mol. The lowest BCUT2D eigenvalue weighted by atomic mass is 10.1. The van der Waals surface area contributed by atoms with E-state index in [0.717, 1.165) is 39.1 Å². The molecule has 2 N–H and O–H groups in total. The molecule has 5 rings (SSSR count). The molecule has 8 heteroatoms. The summed E-state index contributed by atoms with van der Waals surface area (Å²) in [6.07, 6.45) is 2.57. The van der Waals surface area contributed by atoms with Gasteiger partial charge in [0.05, 0.1) is 11.7 Å². The van der Waals surface area contributed by atoms with Crippen molar-refractivity contribution in [3.05, 3.63) is 76.1 Å². The zero-order chi connectivity index (χ0) is 23.5. The Morgan fingerprint density at radius 2 is 1.85 bits per heavy atom. The van der Waals surface area contributed by atoms with Gasteiger partial charge in [-0.2, -0.15) is 0 Å². The molecule has 0 bridgehead atoms. The van der Waals surface area contributed by atoms with Crippen LogP contribution in [0.5, 0.6) is 0 Å². The molecule has 8 nitrogen and oxygen atoms in total. The van der Waals surface area contributed by atoms with Crippen LogP contribution in [0.3, 0.4) is 0 Å². The van der Waals surface area contributed by atoms with Gasteiger partial charge in [-0.15, -0.1) is 0 Å². The molecule has 2 aromatic carbocycles. The maximum absolute atomic E-state index is 13.1. The predicted octanol–water partition coefficient (Wildman–Crippen LogP) is 2.72. The minimum absolute atomic E-state index is 0.0468. The topological polar surface area (TPSA) is 94.7 Å². The van der Waals surface area contributed by atoms with Gasteiger partial charge in [0, 0.05) is 67.6 Å². The lowest BCUT2D eigenvalue weighted by Crippen LogP contribution is -2.50. The number of carbonyl (C=O) groups excluding carboxylic acids is 2. The number of pyridine rings is 1. The number of amides is 2. The number of rotatable bonds is 5. The highest BCUT2D eigenvalue weighted by atomic mass is 16.5. The molecule has 2 aliphatic heterocycles. The lowest BCUT2D eigenvalue weighted by Gasteiger charge is -2.35. The zero-order valence-electron chi connectivity index (χ0n) is 19.0. The Balaban J connectivity index is 1.25. The predicted molar refractivity (Wildman–Crippen MR) is 130 cm³/mol. The molecule has 2 saturated heterocycles. The van der Waals surface area contributed by atoms with Crippen LogP contribution < -0.4 is 10.9 Å². The maximum atomic E-state index is 13.1. The van der Waals surface area contributed by atoms with Crippen LogP contribution in [0.1, 0.15) is 33.6 Å². The van der Waals surface area contributed by atoms with Crippen LogP contribution in [0.2, 0.25) is 0 Å². The third-order valence-electron chi connectivity index (χ3n) is 6.51. The highest BCUT2D eigenvalue weighted by molar-refractivity contribution is 6.12. The molecule has 34 heavy (non-hydrogen) atoms. The van der Waals surface area contributed by atoms with E-state index in [2.05, 4.69) is 15.2 Å². The number of para-hydroxylation sites is 1. The lowest BCUT2D eigenvalue weighted by molar-refractivity contribution is 0.0432. The SMILES string of the molecule is O=C(Nc1cccc(C(=O)N2CCN(CC3CCCO3)CC2)c1)c1cc(=O)[nH]c2ccccc12. The van der Waals surface area contributed by atoms with Crippen molar-refractivity contribution < 1.29 is 14.3 Å². The van der Waals surface area contributed by atoms with Crippen LogP contribution in [0, 0.1) is 0 Å². The Morgan fingerprint density at radius 1 is 1.03 bits per heavy atom. The molecule has 0 radical (unpaired) electrons. The van der Waals surface area contributed by atoms with E-state index in [1.807, 2.05) is 11.0 Å². The zero-order valence-corrected chi connectivity index (χ0v) is 19.0. The minimum atomic E-state index is -0.394. The van der Waals surface area contributed by atoms with E-state index in [0.29, 0.717) is 46.9 Å². The highest BCUT2D eigenvalue weighted by Gasteiger charge is 2.25. The first kappa shape index (κ1) is 22.3. The molecule has 2 amide bonds. The van der Waals surface area contributed by atoms with E-state index in [1.54, 1.807) is 42.5 Å². The van der Waals surface area contributed by atoms with Gasteiger partial charge < -0.3 is 19.9 Å². The molecule has 0 saturated carbocycles. The van der Waals surface area contributed by atoms with Crippen molar-refractivity contribution in [2.45, 2.75) is 18.9 Å². The number of aromatic amines is 1. The number of anilines is 1. The summed E-state index contributed by atoms with van der Waals surface area (Å²) < 4.78 is 5.73. The van der Waals surface area contributed by atoms with E-state index in [1.165, 1.54) is 6.07 Å². The monoisotopic (exact) mass is 460 g/mol. The quantitative estimate of drug-likeness (QED) is 0.611. The average Bonchev–Trinajstić information content (AvgIpc) is 3.37. The van der Waals surface area contributed by atoms with Crippen molar-refractivity contribution in [1.29, 1.82) is 0 Å². The van der Waals surface area contributed by atoms with Gasteiger partial charge in [-0.05, 0) is 37.1 Å². The number of benzene rings is 2. The molecule has 1 unspecified atom stereocenters. The third kappa shape index (κ3) is 4.88. The van der Waals surface area contributed by atoms with Gasteiger partial charge in [0.2, 0.25) is 5.56 Å². The molecule has 1 atom stereocenters. The van der Waals surface area contributed by atoms with Gasteiger partial charge in [0.15, 0.2) is 0 Å². The first-order valence-corrected chi connectivity index (χ1v) is 11.7. The Kier molecular flexibility index (Phi) is 6.42. The molecule has 0 aliphatic carbocycles. The van der Waals surface area contributed by atoms with Gasteiger partial charge in [0.25, 0.3) is 11.8 Å². The summed E-state index contributed by atoms with van der Waals surface area (Å²) in [6, 6.07) is 15.4. The molecule has 1 aromatic heterocycles. The number of nitrogens with zero attached hydrogens (tertiary/aromatic N) is 2. The molecule has 176 valence electrons. The standard InChI is InChI=1S/C26H28N4O4/c31-24-16-22(21-8-1-2-9-23(21)28-24)25(32)27-19-6-3-5-18(15-19)26(33)30-12-10-29(11-13-30)17-20-7-4-14-34-20/h1-3,5-6,8-9,15-16,20H,4,7,10-14,17H2,(H,27,32)(H,28,31). The van der Waals surface area contributed by atoms with E-state index in [4.69, 9.17) is 4.74 Å². The summed E-state index contributed by atoms with van der Waals surface area (Å²) in [4.78, 5) is 45.0. The summed E-state index contributed by atoms with van der Waals surface area (Å²) >= 11 is 0. The van der Waals surface area contributed by atoms with Gasteiger partial charge in [-0.3, -0.25) is 19.3 Å². The molecular formula is C26H28N4O4. The number of H-pyrrole nitrogens is 1. The molecule has 3 heterocycles. The summed E-state index contributed by atoms with van der Waals surface area (Å²) in [5.41, 5.74) is 1.59. The number of nitrogens with one attached hydrogen (secondary N) is 2. The number of hydrogen-bond acceptors (Lipinski definition) is 5. The van der Waals surface area contributed by atoms with Gasteiger partial charge in [-0.1, -0.05) is 24.3 Å². The fourth-order valence-electron chi connectivity index (χ4n) is 4.71. The summed E-state index contributed by atoms with van der Waals surface area (Å²) in [6.45, 7) is 4.78. The molecule has 2 aliphatic rings. The minimum Gasteiger partial charge on any atom is -0.377 e. The Labute approximate surface area is 197 Å². The van der Waals surface area contributed by atoms with Gasteiger partial charge in [-0.25, -0.2) is 0 Å². The molecule has 3 aromatic rings. The van der Waals surface area contributed by atoms with Gasteiger partial charge in [0.1, 0.15) is 0 Å². The number of hydrogen-bond donors (Lipinski definition) is 2. The van der Waals surface area contributed by atoms with Crippen LogP contribution in [-0.2, 0) is 4.74 Å². The van der Waals surface area contributed by atoms with Crippen LogP contribution in [0.15, 0.2) is 59.4 Å². The Morgan fingerprint density at radius 3 is 2.65 bits per heavy atom. The Bertz CT molecular complexity index is 1260. The van der Waals surface area contributed by atoms with Crippen molar-refractivity contribution in [3.63, 3.8) is 0 Å². The van der Waals surface area contributed by atoms with E-state index < -0.39 is 5.91 Å². The first-order chi connectivity index (χ1) is 16.6. The number of aromatic nitrogens is 1. The van der Waals surface area contributed by atoms with Crippen molar-refractivity contribution in [2.24, 2.45) is 0 Å². The summed E-state index contributed by atoms with van der Waals surface area (Å²) in [5.74, 6) is -0.441. The van der Waals surface area contributed by atoms with Crippen molar-refractivity contribution in [2.75, 3.05) is 44.6 Å². The second-order valence-corrected chi connectivity index (χ2v) is 8.86. The average molecular weight is 461 g/mol. The molecule has 0 spiro atoms. The largest absolute Gasteiger partial charge is 0.377 e. The van der Waals surface area contributed by atoms with Crippen LogP contribution in [0.25, 0.3) is 10.9 Å². The number of fused-ring (bicyclic) bond motifs is 1. The first-order valence-electron chi connectivity index (χ1n) is 11.7. The second kappa shape index (κ2) is 9.79. The van der Waals surface area contributed by atoms with Crippen LogP contribution in [0.4, 0.5) is 5.69 Å². The van der Waals surface area contributed by atoms with Gasteiger partial charge >= 0.3 is 0 Å². The fourth-order valence-corrected chi connectivity index (χ4v) is 4.71. The smallest absolute Gasteiger partial charge is 0.256 e. The second-order valence-electron chi connectivity index (χ2n) is 8.86. The third-order valence-corrected chi connectivity index (χ3v) is 6.51. The number of carbonyl (C=O) groups is 2. The normalized spacial score (nSPS) is 18.8. The van der Waals surface area contributed by atoms with Crippen molar-refractivity contribution in [3.8, 4) is 0 Å². The maximum Gasteiger partial charge on any atom is 0.256 e. The van der Waals surface area contributed by atoms with Crippen molar-refractivity contribution >= 4 is 28.4 Å². The van der Waals surface area contributed by atoms with E-state index in [9.17, 15) is 14.4 Å². The van der Waals surface area contributed by atoms with E-state index >= 15 is 0 Å². The Hall–Kier alpha value is -3.49. The van der Waals surface area contributed by atoms with Crippen molar-refractivity contribution in [1.82, 2.24) is 14.8 Å². The highest BCUT2D eigenvalue weighted by Crippen LogP contribution is 2.19. The summed E-state index contributed by atoms with van der Waals surface area (Å²) in [7, 11) is 0. The number of piperazine rings is 1. The number of ether oxygens (including phenoxy) is 1. The van der Waals surface area contributed by atoms with Crippen LogP contribution >= 0.6 is 0 Å². The van der Waals surface area contributed by atoms with Crippen LogP contribution in [-0.4, -0.2) is 72.0 Å². The molecule has 2 fully saturated rings. The fraction of sp³-hybridized carbons (Fsp3) is 0.346. The summed E-state index contributed by atoms with van der Waals surface area (Å²) in [5, 5.41) is 3.50.